The van der Waals surface area contributed by atoms with Crippen molar-refractivity contribution >= 4 is 11.8 Å². The van der Waals surface area contributed by atoms with Crippen molar-refractivity contribution in [2.45, 2.75) is 13.0 Å². The third-order valence-corrected chi connectivity index (χ3v) is 2.34. The summed E-state index contributed by atoms with van der Waals surface area (Å²) in [6, 6.07) is 5.26. The number of nitrogens with zero attached hydrogens (tertiary/aromatic N) is 1. The van der Waals surface area contributed by atoms with Gasteiger partial charge in [0.15, 0.2) is 0 Å². The summed E-state index contributed by atoms with van der Waals surface area (Å²) in [5.74, 6) is 1.11. The number of thioether (sulfide) groups is 1. The molecule has 0 fully saturated rings. The average molecular weight is 183 g/mol. The monoisotopic (exact) mass is 183 g/mol. The van der Waals surface area contributed by atoms with E-state index in [-0.39, 0.29) is 5.56 Å². The summed E-state index contributed by atoms with van der Waals surface area (Å²) in [6.07, 6.45) is 4.97. The predicted molar refractivity (Wildman–Crippen MR) is 53.7 cm³/mol. The smallest absolute Gasteiger partial charge is 0.250 e. The second-order valence-corrected chi connectivity index (χ2v) is 3.56. The van der Waals surface area contributed by atoms with Gasteiger partial charge in [-0.05, 0) is 24.5 Å². The molecule has 1 aromatic heterocycles. The summed E-state index contributed by atoms with van der Waals surface area (Å²) in [4.78, 5) is 11.2. The fourth-order valence-electron chi connectivity index (χ4n) is 1.02. The van der Waals surface area contributed by atoms with Crippen LogP contribution in [0.3, 0.4) is 0 Å². The van der Waals surface area contributed by atoms with Gasteiger partial charge in [-0.15, -0.1) is 0 Å². The van der Waals surface area contributed by atoms with Crippen LogP contribution in [0.15, 0.2) is 29.2 Å². The average Bonchev–Trinajstić information content (AvgIpc) is 2.09. The van der Waals surface area contributed by atoms with Gasteiger partial charge in [-0.3, -0.25) is 4.79 Å². The molecule has 0 amide bonds. The number of rotatable bonds is 4. The van der Waals surface area contributed by atoms with Gasteiger partial charge < -0.3 is 4.57 Å². The maximum Gasteiger partial charge on any atom is 0.250 e. The van der Waals surface area contributed by atoms with Crippen molar-refractivity contribution in [2.75, 3.05) is 12.0 Å². The number of aromatic nitrogens is 1. The van der Waals surface area contributed by atoms with E-state index in [4.69, 9.17) is 0 Å². The van der Waals surface area contributed by atoms with Gasteiger partial charge in [0.2, 0.25) is 5.56 Å². The van der Waals surface area contributed by atoms with E-state index in [1.54, 1.807) is 16.7 Å². The molecule has 66 valence electrons. The fraction of sp³-hybridized carbons (Fsp3) is 0.444. The van der Waals surface area contributed by atoms with Crippen LogP contribution in [-0.2, 0) is 6.54 Å². The Labute approximate surface area is 76.6 Å². The van der Waals surface area contributed by atoms with Crippen molar-refractivity contribution < 1.29 is 0 Å². The van der Waals surface area contributed by atoms with Crippen LogP contribution in [0.4, 0.5) is 0 Å². The van der Waals surface area contributed by atoms with Crippen LogP contribution >= 0.6 is 11.8 Å². The maximum absolute atomic E-state index is 11.2. The lowest BCUT2D eigenvalue weighted by atomic mass is 10.4. The molecule has 1 heterocycles. The van der Waals surface area contributed by atoms with Crippen LogP contribution in [0.5, 0.6) is 0 Å². The van der Waals surface area contributed by atoms with Gasteiger partial charge in [-0.2, -0.15) is 11.8 Å². The summed E-state index contributed by atoms with van der Waals surface area (Å²) in [6.45, 7) is 0.834. The third kappa shape index (κ3) is 2.74. The topological polar surface area (TPSA) is 22.0 Å². The van der Waals surface area contributed by atoms with E-state index in [9.17, 15) is 4.79 Å². The minimum absolute atomic E-state index is 0.0959. The first kappa shape index (κ1) is 9.39. The molecule has 0 aromatic carbocycles. The second-order valence-electron chi connectivity index (χ2n) is 2.58. The van der Waals surface area contributed by atoms with E-state index in [1.165, 1.54) is 0 Å². The first-order chi connectivity index (χ1) is 5.84. The molecule has 0 N–H and O–H groups in total. The predicted octanol–water partition coefficient (Wildman–Crippen LogP) is 1.60. The molecule has 0 spiro atoms. The lowest BCUT2D eigenvalue weighted by molar-refractivity contribution is 0.659. The number of pyridine rings is 1. The lowest BCUT2D eigenvalue weighted by Gasteiger charge is -2.02. The molecule has 0 radical (unpaired) electrons. The molecule has 0 aliphatic rings. The normalized spacial score (nSPS) is 10.1. The van der Waals surface area contributed by atoms with Crippen LogP contribution < -0.4 is 5.56 Å². The number of hydrogen-bond acceptors (Lipinski definition) is 2. The first-order valence-corrected chi connectivity index (χ1v) is 5.38. The second kappa shape index (κ2) is 5.04. The van der Waals surface area contributed by atoms with Crippen molar-refractivity contribution in [3.05, 3.63) is 34.7 Å². The van der Waals surface area contributed by atoms with Gasteiger partial charge >= 0.3 is 0 Å². The van der Waals surface area contributed by atoms with E-state index in [2.05, 4.69) is 6.26 Å². The molecular formula is C9H13NOS. The van der Waals surface area contributed by atoms with Crippen molar-refractivity contribution in [3.63, 3.8) is 0 Å². The first-order valence-electron chi connectivity index (χ1n) is 3.99. The molecule has 3 heteroatoms. The Morgan fingerprint density at radius 3 is 3.00 bits per heavy atom. The van der Waals surface area contributed by atoms with E-state index in [0.29, 0.717) is 0 Å². The quantitative estimate of drug-likeness (QED) is 0.661. The maximum atomic E-state index is 11.2. The molecular weight excluding hydrogens is 170 g/mol. The molecule has 0 unspecified atom stereocenters. The molecule has 0 aliphatic heterocycles. The Morgan fingerprint density at radius 2 is 2.33 bits per heavy atom. The summed E-state index contributed by atoms with van der Waals surface area (Å²) in [5.41, 5.74) is 0.0959. The minimum atomic E-state index is 0.0959. The molecule has 0 atom stereocenters. The minimum Gasteiger partial charge on any atom is -0.316 e. The van der Waals surface area contributed by atoms with Gasteiger partial charge in [0, 0.05) is 18.8 Å². The van der Waals surface area contributed by atoms with Crippen LogP contribution in [0.1, 0.15) is 6.42 Å². The Hall–Kier alpha value is -0.700. The molecule has 0 bridgehead atoms. The van der Waals surface area contributed by atoms with Crippen LogP contribution in [0.25, 0.3) is 0 Å². The highest BCUT2D eigenvalue weighted by Crippen LogP contribution is 1.96. The van der Waals surface area contributed by atoms with Gasteiger partial charge in [0.05, 0.1) is 0 Å². The number of aryl methyl sites for hydroxylation is 1. The van der Waals surface area contributed by atoms with Gasteiger partial charge in [0.25, 0.3) is 0 Å². The van der Waals surface area contributed by atoms with E-state index in [1.807, 2.05) is 24.0 Å². The van der Waals surface area contributed by atoms with Crippen LogP contribution in [-0.4, -0.2) is 16.6 Å². The Kier molecular flexibility index (Phi) is 3.94. The third-order valence-electron chi connectivity index (χ3n) is 1.65. The van der Waals surface area contributed by atoms with Crippen LogP contribution in [0.2, 0.25) is 0 Å². The van der Waals surface area contributed by atoms with Crippen molar-refractivity contribution in [1.82, 2.24) is 4.57 Å². The van der Waals surface area contributed by atoms with Crippen molar-refractivity contribution in [1.29, 1.82) is 0 Å². The Morgan fingerprint density at radius 1 is 1.50 bits per heavy atom. The van der Waals surface area contributed by atoms with Gasteiger partial charge in [-0.1, -0.05) is 6.07 Å². The molecule has 2 nitrogen and oxygen atoms in total. The highest BCUT2D eigenvalue weighted by atomic mass is 32.2. The zero-order valence-electron chi connectivity index (χ0n) is 7.19. The molecule has 1 aromatic rings. The highest BCUT2D eigenvalue weighted by Gasteiger charge is 1.91. The molecule has 1 rings (SSSR count). The molecule has 12 heavy (non-hydrogen) atoms. The standard InChI is InChI=1S/C9H13NOS/c1-12-8-4-7-10-6-3-2-5-9(10)11/h2-3,5-6H,4,7-8H2,1H3. The summed E-state index contributed by atoms with van der Waals surface area (Å²) >= 11 is 1.81. The van der Waals surface area contributed by atoms with E-state index in [0.717, 1.165) is 18.7 Å². The SMILES string of the molecule is CSCCCn1ccccc1=O. The zero-order valence-corrected chi connectivity index (χ0v) is 8.01. The van der Waals surface area contributed by atoms with Gasteiger partial charge in [-0.25, -0.2) is 0 Å². The highest BCUT2D eigenvalue weighted by molar-refractivity contribution is 7.98. The number of hydrogen-bond donors (Lipinski definition) is 0. The summed E-state index contributed by atoms with van der Waals surface area (Å²) in [7, 11) is 0. The Balaban J connectivity index is 2.52. The molecule has 0 aliphatic carbocycles. The van der Waals surface area contributed by atoms with Gasteiger partial charge in [0.1, 0.15) is 0 Å². The molecule has 0 saturated carbocycles. The van der Waals surface area contributed by atoms with Crippen LogP contribution in [0, 0.1) is 0 Å². The zero-order chi connectivity index (χ0) is 8.81. The fourth-order valence-corrected chi connectivity index (χ4v) is 1.44. The van der Waals surface area contributed by atoms with E-state index >= 15 is 0 Å². The van der Waals surface area contributed by atoms with Crippen molar-refractivity contribution in [3.8, 4) is 0 Å². The van der Waals surface area contributed by atoms with Crippen molar-refractivity contribution in [2.24, 2.45) is 0 Å². The Bertz CT molecular complexity index is 282. The van der Waals surface area contributed by atoms with E-state index < -0.39 is 0 Å². The largest absolute Gasteiger partial charge is 0.316 e. The lowest BCUT2D eigenvalue weighted by Crippen LogP contribution is -2.17. The summed E-state index contributed by atoms with van der Waals surface area (Å²) < 4.78 is 1.75. The molecule has 0 saturated heterocycles. The summed E-state index contributed by atoms with van der Waals surface area (Å²) in [5, 5.41) is 0.